The van der Waals surface area contributed by atoms with E-state index >= 15 is 0 Å². The molecule has 0 bridgehead atoms. The number of imide groups is 1. The first-order valence-corrected chi connectivity index (χ1v) is 8.72. The molecule has 0 saturated heterocycles. The largest absolute Gasteiger partial charge is 0.345 e. The lowest BCUT2D eigenvalue weighted by molar-refractivity contribution is 0.0693. The molecule has 1 N–H and O–H groups in total. The van der Waals surface area contributed by atoms with E-state index in [1.54, 1.807) is 6.07 Å². The van der Waals surface area contributed by atoms with E-state index in [1.807, 2.05) is 0 Å². The summed E-state index contributed by atoms with van der Waals surface area (Å²) in [4.78, 5) is 37.5. The summed E-state index contributed by atoms with van der Waals surface area (Å²) in [6.07, 6.45) is 4.28. The van der Waals surface area contributed by atoms with Gasteiger partial charge in [-0.15, -0.1) is 10.2 Å². The summed E-state index contributed by atoms with van der Waals surface area (Å²) in [5.74, 6) is 0.665. The van der Waals surface area contributed by atoms with Gasteiger partial charge in [-0.05, 0) is 31.0 Å². The quantitative estimate of drug-likeness (QED) is 0.835. The van der Waals surface area contributed by atoms with Gasteiger partial charge in [-0.2, -0.15) is 0 Å². The zero-order valence-corrected chi connectivity index (χ0v) is 14.5. The van der Waals surface area contributed by atoms with Crippen molar-refractivity contribution in [3.05, 3.63) is 46.5 Å². The van der Waals surface area contributed by atoms with Crippen LogP contribution in [0, 0.1) is 0 Å². The first-order chi connectivity index (χ1) is 12.6. The molecule has 1 aromatic carbocycles. The Labute approximate surface area is 150 Å². The number of carbonyl (C=O) groups is 3. The third-order valence-corrected chi connectivity index (χ3v) is 4.95. The average Bonchev–Trinajstić information content (AvgIpc) is 3.01. The topological polar surface area (TPSA) is 97.2 Å². The second-order valence-corrected chi connectivity index (χ2v) is 6.61. The first-order valence-electron chi connectivity index (χ1n) is 8.72. The van der Waals surface area contributed by atoms with Crippen LogP contribution < -0.4 is 5.32 Å². The number of hydrogen-bond acceptors (Lipinski definition) is 5. The van der Waals surface area contributed by atoms with Crippen molar-refractivity contribution in [2.75, 3.05) is 7.05 Å². The van der Waals surface area contributed by atoms with Crippen molar-refractivity contribution in [1.82, 2.24) is 25.0 Å². The second-order valence-electron chi connectivity index (χ2n) is 6.61. The summed E-state index contributed by atoms with van der Waals surface area (Å²) in [5.41, 5.74) is 0.939. The third-order valence-electron chi connectivity index (χ3n) is 4.95. The maximum atomic E-state index is 12.5. The summed E-state index contributed by atoms with van der Waals surface area (Å²) >= 11 is 0. The molecule has 26 heavy (non-hydrogen) atoms. The van der Waals surface area contributed by atoms with Crippen LogP contribution in [0.5, 0.6) is 0 Å². The molecule has 0 aliphatic carbocycles. The number of nitrogens with one attached hydrogen (secondary N) is 1. The van der Waals surface area contributed by atoms with Crippen LogP contribution >= 0.6 is 0 Å². The van der Waals surface area contributed by atoms with Crippen molar-refractivity contribution >= 4 is 17.7 Å². The standard InChI is InChI=1S/C18H19N5O3/c1-22-17(25)12-7-6-11(9-13(12)18(22)26)16(24)19-10-15-21-20-14-5-3-2-4-8-23(14)15/h6-7,9H,2-5,8,10H2,1H3,(H,19,24). The average molecular weight is 353 g/mol. The van der Waals surface area contributed by atoms with Crippen molar-refractivity contribution in [3.8, 4) is 0 Å². The van der Waals surface area contributed by atoms with E-state index in [9.17, 15) is 14.4 Å². The number of rotatable bonds is 3. The lowest BCUT2D eigenvalue weighted by atomic mass is 10.1. The third kappa shape index (κ3) is 2.67. The fraction of sp³-hybridized carbons (Fsp3) is 0.389. The fourth-order valence-electron chi connectivity index (χ4n) is 3.44. The first kappa shape index (κ1) is 16.4. The van der Waals surface area contributed by atoms with E-state index in [0.717, 1.165) is 42.4 Å². The molecular weight excluding hydrogens is 334 g/mol. The number of hydrogen-bond donors (Lipinski definition) is 1. The van der Waals surface area contributed by atoms with E-state index in [2.05, 4.69) is 20.1 Å². The van der Waals surface area contributed by atoms with Gasteiger partial charge in [0.15, 0.2) is 5.82 Å². The van der Waals surface area contributed by atoms with Gasteiger partial charge in [0, 0.05) is 25.6 Å². The van der Waals surface area contributed by atoms with E-state index in [4.69, 9.17) is 0 Å². The van der Waals surface area contributed by atoms with Crippen molar-refractivity contribution in [1.29, 1.82) is 0 Å². The maximum Gasteiger partial charge on any atom is 0.261 e. The molecule has 2 aliphatic heterocycles. The molecule has 0 atom stereocenters. The lowest BCUT2D eigenvalue weighted by Gasteiger charge is -2.08. The van der Waals surface area contributed by atoms with E-state index in [0.29, 0.717) is 11.1 Å². The predicted octanol–water partition coefficient (Wildman–Crippen LogP) is 1.16. The van der Waals surface area contributed by atoms with Gasteiger partial charge < -0.3 is 9.88 Å². The Hall–Kier alpha value is -3.03. The van der Waals surface area contributed by atoms with Gasteiger partial charge in [0.1, 0.15) is 5.82 Å². The van der Waals surface area contributed by atoms with E-state index in [-0.39, 0.29) is 29.8 Å². The molecular formula is C18H19N5O3. The van der Waals surface area contributed by atoms with Gasteiger partial charge in [-0.1, -0.05) is 6.42 Å². The highest BCUT2D eigenvalue weighted by Crippen LogP contribution is 2.22. The van der Waals surface area contributed by atoms with E-state index in [1.165, 1.54) is 25.6 Å². The number of nitrogens with zero attached hydrogens (tertiary/aromatic N) is 4. The lowest BCUT2D eigenvalue weighted by Crippen LogP contribution is -2.25. The Morgan fingerprint density at radius 2 is 1.92 bits per heavy atom. The van der Waals surface area contributed by atoms with Crippen LogP contribution in [0.4, 0.5) is 0 Å². The summed E-state index contributed by atoms with van der Waals surface area (Å²) in [5, 5.41) is 11.2. The van der Waals surface area contributed by atoms with Crippen LogP contribution in [-0.2, 0) is 19.5 Å². The zero-order valence-electron chi connectivity index (χ0n) is 14.5. The summed E-state index contributed by atoms with van der Waals surface area (Å²) < 4.78 is 2.08. The molecule has 0 spiro atoms. The Morgan fingerprint density at radius 1 is 1.12 bits per heavy atom. The number of aromatic nitrogens is 3. The minimum Gasteiger partial charge on any atom is -0.345 e. The minimum absolute atomic E-state index is 0.265. The SMILES string of the molecule is CN1C(=O)c2ccc(C(=O)NCc3nnc4n3CCCCC4)cc2C1=O. The Morgan fingerprint density at radius 3 is 2.77 bits per heavy atom. The molecule has 4 rings (SSSR count). The molecule has 3 amide bonds. The summed E-state index contributed by atoms with van der Waals surface area (Å²) in [7, 11) is 1.43. The molecule has 0 saturated carbocycles. The van der Waals surface area contributed by atoms with Gasteiger partial charge in [-0.25, -0.2) is 0 Å². The molecule has 0 radical (unpaired) electrons. The maximum absolute atomic E-state index is 12.5. The Kier molecular flexibility index (Phi) is 4.02. The minimum atomic E-state index is -0.387. The monoisotopic (exact) mass is 353 g/mol. The fourth-order valence-corrected chi connectivity index (χ4v) is 3.44. The molecule has 3 heterocycles. The van der Waals surface area contributed by atoms with Crippen LogP contribution in [0.2, 0.25) is 0 Å². The molecule has 2 aromatic rings. The summed E-state index contributed by atoms with van der Waals surface area (Å²) in [6, 6.07) is 4.55. The Balaban J connectivity index is 1.49. The normalized spacial score (nSPS) is 16.3. The number of aryl methyl sites for hydroxylation is 1. The molecule has 0 unspecified atom stereocenters. The smallest absolute Gasteiger partial charge is 0.261 e. The summed E-state index contributed by atoms with van der Waals surface area (Å²) in [6.45, 7) is 1.14. The molecule has 8 nitrogen and oxygen atoms in total. The number of carbonyl (C=O) groups excluding carboxylic acids is 3. The molecule has 8 heteroatoms. The molecule has 1 aromatic heterocycles. The van der Waals surface area contributed by atoms with Crippen molar-refractivity contribution < 1.29 is 14.4 Å². The van der Waals surface area contributed by atoms with Gasteiger partial charge in [0.2, 0.25) is 0 Å². The van der Waals surface area contributed by atoms with Crippen molar-refractivity contribution in [2.24, 2.45) is 0 Å². The van der Waals surface area contributed by atoms with Gasteiger partial charge in [-0.3, -0.25) is 19.3 Å². The molecule has 134 valence electrons. The highest BCUT2D eigenvalue weighted by molar-refractivity contribution is 6.21. The highest BCUT2D eigenvalue weighted by Gasteiger charge is 2.33. The van der Waals surface area contributed by atoms with Gasteiger partial charge >= 0.3 is 0 Å². The Bertz CT molecular complexity index is 918. The van der Waals surface area contributed by atoms with Gasteiger partial charge in [0.05, 0.1) is 17.7 Å². The van der Waals surface area contributed by atoms with Gasteiger partial charge in [0.25, 0.3) is 17.7 Å². The molecule has 0 fully saturated rings. The van der Waals surface area contributed by atoms with Crippen LogP contribution in [0.3, 0.4) is 0 Å². The van der Waals surface area contributed by atoms with Crippen LogP contribution in [0.25, 0.3) is 0 Å². The van der Waals surface area contributed by atoms with E-state index < -0.39 is 0 Å². The van der Waals surface area contributed by atoms with Crippen molar-refractivity contribution in [3.63, 3.8) is 0 Å². The number of fused-ring (bicyclic) bond motifs is 2. The molecule has 2 aliphatic rings. The van der Waals surface area contributed by atoms with Crippen LogP contribution in [0.15, 0.2) is 18.2 Å². The highest BCUT2D eigenvalue weighted by atomic mass is 16.2. The van der Waals surface area contributed by atoms with Crippen LogP contribution in [0.1, 0.15) is 62.0 Å². The van der Waals surface area contributed by atoms with Crippen LogP contribution in [-0.4, -0.2) is 44.4 Å². The number of amides is 3. The number of benzene rings is 1. The zero-order chi connectivity index (χ0) is 18.3. The second kappa shape index (κ2) is 6.36. The predicted molar refractivity (Wildman–Crippen MR) is 91.6 cm³/mol. The van der Waals surface area contributed by atoms with Crippen molar-refractivity contribution in [2.45, 2.75) is 38.8 Å².